The summed E-state index contributed by atoms with van der Waals surface area (Å²) in [6.07, 6.45) is 3.57. The van der Waals surface area contributed by atoms with Crippen LogP contribution < -0.4 is 10.1 Å². The number of likely N-dealkylation sites (tertiary alicyclic amines) is 1. The van der Waals surface area contributed by atoms with Crippen molar-refractivity contribution >= 4 is 17.5 Å². The SMILES string of the molecule is CN(C)CCCOc1ccc(NC(=O)C(=O)N2CCCC2Cc2ccccc2)cc1. The van der Waals surface area contributed by atoms with Crippen molar-refractivity contribution in [2.24, 2.45) is 0 Å². The molecule has 1 heterocycles. The minimum absolute atomic E-state index is 0.0728. The molecule has 0 spiro atoms. The van der Waals surface area contributed by atoms with Gasteiger partial charge in [0.25, 0.3) is 0 Å². The van der Waals surface area contributed by atoms with Crippen LogP contribution in [0.5, 0.6) is 5.75 Å². The summed E-state index contributed by atoms with van der Waals surface area (Å²) in [5.74, 6) is -0.299. The molecule has 160 valence electrons. The number of hydrogen-bond acceptors (Lipinski definition) is 4. The zero-order valence-electron chi connectivity index (χ0n) is 17.8. The molecule has 1 saturated heterocycles. The van der Waals surface area contributed by atoms with E-state index in [0.717, 1.165) is 38.0 Å². The summed E-state index contributed by atoms with van der Waals surface area (Å²) < 4.78 is 5.70. The number of rotatable bonds is 8. The molecule has 0 radical (unpaired) electrons. The first-order chi connectivity index (χ1) is 14.5. The van der Waals surface area contributed by atoms with E-state index in [2.05, 4.69) is 22.3 Å². The lowest BCUT2D eigenvalue weighted by Gasteiger charge is -2.24. The molecule has 2 aromatic carbocycles. The number of carbonyl (C=O) groups excluding carboxylic acids is 2. The standard InChI is InChI=1S/C24H31N3O3/c1-26(2)15-7-17-30-22-13-11-20(12-14-22)25-23(28)24(29)27-16-6-10-21(27)18-19-8-4-3-5-9-19/h3-5,8-9,11-14,21H,6-7,10,15-18H2,1-2H3,(H,25,28). The largest absolute Gasteiger partial charge is 0.494 e. The quantitative estimate of drug-likeness (QED) is 0.537. The molecule has 1 unspecified atom stereocenters. The summed E-state index contributed by atoms with van der Waals surface area (Å²) in [6.45, 7) is 2.24. The van der Waals surface area contributed by atoms with E-state index in [1.165, 1.54) is 5.56 Å². The Labute approximate surface area is 178 Å². The van der Waals surface area contributed by atoms with Crippen LogP contribution in [0.1, 0.15) is 24.8 Å². The van der Waals surface area contributed by atoms with Gasteiger partial charge in [0.1, 0.15) is 5.75 Å². The van der Waals surface area contributed by atoms with E-state index in [1.807, 2.05) is 44.4 Å². The van der Waals surface area contributed by atoms with Crippen molar-refractivity contribution in [2.75, 3.05) is 39.1 Å². The van der Waals surface area contributed by atoms with Gasteiger partial charge in [-0.3, -0.25) is 9.59 Å². The van der Waals surface area contributed by atoms with E-state index in [9.17, 15) is 9.59 Å². The highest BCUT2D eigenvalue weighted by Gasteiger charge is 2.32. The predicted octanol–water partition coefficient (Wildman–Crippen LogP) is 3.19. The highest BCUT2D eigenvalue weighted by Crippen LogP contribution is 2.22. The molecule has 3 rings (SSSR count). The molecule has 1 atom stereocenters. The zero-order valence-corrected chi connectivity index (χ0v) is 17.8. The van der Waals surface area contributed by atoms with Crippen molar-refractivity contribution in [3.63, 3.8) is 0 Å². The summed E-state index contributed by atoms with van der Waals surface area (Å²) >= 11 is 0. The Morgan fingerprint density at radius 1 is 1.10 bits per heavy atom. The normalized spacial score (nSPS) is 16.0. The average molecular weight is 410 g/mol. The fourth-order valence-corrected chi connectivity index (χ4v) is 3.72. The smallest absolute Gasteiger partial charge is 0.313 e. The Bertz CT molecular complexity index is 821. The van der Waals surface area contributed by atoms with Crippen LogP contribution in [0.3, 0.4) is 0 Å². The maximum atomic E-state index is 12.7. The molecule has 2 amide bonds. The van der Waals surface area contributed by atoms with E-state index in [-0.39, 0.29) is 6.04 Å². The topological polar surface area (TPSA) is 61.9 Å². The Hall–Kier alpha value is -2.86. The first kappa shape index (κ1) is 21.8. The van der Waals surface area contributed by atoms with Crippen LogP contribution in [0.15, 0.2) is 54.6 Å². The number of carbonyl (C=O) groups is 2. The Morgan fingerprint density at radius 2 is 1.83 bits per heavy atom. The van der Waals surface area contributed by atoms with E-state index in [0.29, 0.717) is 18.8 Å². The maximum absolute atomic E-state index is 12.7. The second-order valence-corrected chi connectivity index (χ2v) is 7.97. The number of amides is 2. The van der Waals surface area contributed by atoms with Gasteiger partial charge in [-0.25, -0.2) is 0 Å². The van der Waals surface area contributed by atoms with E-state index < -0.39 is 11.8 Å². The summed E-state index contributed by atoms with van der Waals surface area (Å²) in [5.41, 5.74) is 1.77. The molecule has 0 aliphatic carbocycles. The van der Waals surface area contributed by atoms with Crippen molar-refractivity contribution in [2.45, 2.75) is 31.7 Å². The van der Waals surface area contributed by atoms with Gasteiger partial charge in [0.15, 0.2) is 0 Å². The fraction of sp³-hybridized carbons (Fsp3) is 0.417. The molecule has 2 aromatic rings. The Kier molecular flexibility index (Phi) is 7.85. The summed E-state index contributed by atoms with van der Waals surface area (Å²) in [4.78, 5) is 29.1. The summed E-state index contributed by atoms with van der Waals surface area (Å²) in [7, 11) is 4.07. The van der Waals surface area contributed by atoms with Crippen molar-refractivity contribution in [3.8, 4) is 5.75 Å². The number of anilines is 1. The number of hydrogen-bond donors (Lipinski definition) is 1. The third-order valence-electron chi connectivity index (χ3n) is 5.28. The zero-order chi connectivity index (χ0) is 21.3. The molecule has 6 heteroatoms. The molecule has 1 aliphatic rings. The van der Waals surface area contributed by atoms with Crippen molar-refractivity contribution < 1.29 is 14.3 Å². The highest BCUT2D eigenvalue weighted by atomic mass is 16.5. The predicted molar refractivity (Wildman–Crippen MR) is 119 cm³/mol. The average Bonchev–Trinajstić information content (AvgIpc) is 3.20. The van der Waals surface area contributed by atoms with Crippen LogP contribution in [-0.4, -0.2) is 61.4 Å². The molecular weight excluding hydrogens is 378 g/mol. The molecule has 1 aliphatic heterocycles. The minimum atomic E-state index is -0.588. The number of ether oxygens (including phenoxy) is 1. The van der Waals surface area contributed by atoms with Gasteiger partial charge in [-0.2, -0.15) is 0 Å². The number of nitrogens with zero attached hydrogens (tertiary/aromatic N) is 2. The lowest BCUT2D eigenvalue weighted by atomic mass is 10.0. The van der Waals surface area contributed by atoms with Crippen molar-refractivity contribution in [1.29, 1.82) is 0 Å². The van der Waals surface area contributed by atoms with E-state index in [4.69, 9.17) is 4.74 Å². The maximum Gasteiger partial charge on any atom is 0.313 e. The molecule has 6 nitrogen and oxygen atoms in total. The fourth-order valence-electron chi connectivity index (χ4n) is 3.72. The molecule has 1 N–H and O–H groups in total. The Morgan fingerprint density at radius 3 is 2.53 bits per heavy atom. The highest BCUT2D eigenvalue weighted by molar-refractivity contribution is 6.39. The molecule has 0 saturated carbocycles. The van der Waals surface area contributed by atoms with Crippen LogP contribution in [0.2, 0.25) is 0 Å². The first-order valence-electron chi connectivity index (χ1n) is 10.6. The van der Waals surface area contributed by atoms with E-state index in [1.54, 1.807) is 17.0 Å². The molecule has 0 bridgehead atoms. The minimum Gasteiger partial charge on any atom is -0.494 e. The van der Waals surface area contributed by atoms with Gasteiger partial charge >= 0.3 is 11.8 Å². The van der Waals surface area contributed by atoms with Crippen LogP contribution in [0, 0.1) is 0 Å². The third-order valence-corrected chi connectivity index (χ3v) is 5.28. The summed E-state index contributed by atoms with van der Waals surface area (Å²) in [6, 6.07) is 17.3. The third kappa shape index (κ3) is 6.32. The summed E-state index contributed by atoms with van der Waals surface area (Å²) in [5, 5.41) is 2.72. The van der Waals surface area contributed by atoms with Gasteiger partial charge in [0, 0.05) is 24.8 Å². The number of benzene rings is 2. The molecular formula is C24H31N3O3. The van der Waals surface area contributed by atoms with Gasteiger partial charge in [0.05, 0.1) is 6.61 Å². The van der Waals surface area contributed by atoms with Crippen LogP contribution >= 0.6 is 0 Å². The first-order valence-corrected chi connectivity index (χ1v) is 10.6. The van der Waals surface area contributed by atoms with Gasteiger partial charge < -0.3 is 19.9 Å². The number of nitrogens with one attached hydrogen (secondary N) is 1. The lowest BCUT2D eigenvalue weighted by Crippen LogP contribution is -2.43. The lowest BCUT2D eigenvalue weighted by molar-refractivity contribution is -0.143. The van der Waals surface area contributed by atoms with Crippen LogP contribution in [0.25, 0.3) is 0 Å². The van der Waals surface area contributed by atoms with Crippen molar-refractivity contribution in [1.82, 2.24) is 9.80 Å². The monoisotopic (exact) mass is 409 g/mol. The van der Waals surface area contributed by atoms with Crippen LogP contribution in [-0.2, 0) is 16.0 Å². The van der Waals surface area contributed by atoms with Gasteiger partial charge in [-0.05, 0) is 69.6 Å². The van der Waals surface area contributed by atoms with E-state index >= 15 is 0 Å². The molecule has 30 heavy (non-hydrogen) atoms. The van der Waals surface area contributed by atoms with Gasteiger partial charge in [0.2, 0.25) is 0 Å². The molecule has 0 aromatic heterocycles. The Balaban J connectivity index is 1.50. The van der Waals surface area contributed by atoms with Gasteiger partial charge in [-0.15, -0.1) is 0 Å². The van der Waals surface area contributed by atoms with Crippen LogP contribution in [0.4, 0.5) is 5.69 Å². The second kappa shape index (κ2) is 10.8. The second-order valence-electron chi connectivity index (χ2n) is 7.97. The molecule has 1 fully saturated rings. The van der Waals surface area contributed by atoms with Crippen molar-refractivity contribution in [3.05, 3.63) is 60.2 Å². The van der Waals surface area contributed by atoms with Gasteiger partial charge in [-0.1, -0.05) is 30.3 Å².